The van der Waals surface area contributed by atoms with Crippen molar-refractivity contribution in [2.45, 2.75) is 19.2 Å². The van der Waals surface area contributed by atoms with Crippen LogP contribution in [-0.2, 0) is 4.79 Å². The van der Waals surface area contributed by atoms with Crippen LogP contribution in [0.4, 0.5) is 0 Å². The number of nitrogens with one attached hydrogen (secondary N) is 2. The molecular weight excluding hydrogens is 252 g/mol. The Morgan fingerprint density at radius 1 is 1.22 bits per heavy atom. The molecule has 18 heavy (non-hydrogen) atoms. The van der Waals surface area contributed by atoms with E-state index in [1.54, 1.807) is 13.0 Å². The van der Waals surface area contributed by atoms with Gasteiger partial charge in [-0.3, -0.25) is 9.59 Å². The average Bonchev–Trinajstić information content (AvgIpc) is 2.34. The van der Waals surface area contributed by atoms with Crippen LogP contribution in [0.2, 0.25) is 0 Å². The van der Waals surface area contributed by atoms with Crippen LogP contribution in [-0.4, -0.2) is 30.3 Å². The fraction of sp³-hybridized carbons (Fsp3) is 0.385. The molecule has 1 rings (SSSR count). The number of carbonyl (C=O) groups excluding carboxylic acids is 2. The molecule has 0 saturated heterocycles. The predicted octanol–water partition coefficient (Wildman–Crippen LogP) is 1.47. The molecule has 2 N–H and O–H groups in total. The lowest BCUT2D eigenvalue weighted by atomic mass is 10.1. The van der Waals surface area contributed by atoms with Crippen molar-refractivity contribution < 1.29 is 9.59 Å². The quantitative estimate of drug-likeness (QED) is 0.628. The summed E-state index contributed by atoms with van der Waals surface area (Å²) < 4.78 is 0. The van der Waals surface area contributed by atoms with Crippen LogP contribution in [0.5, 0.6) is 0 Å². The molecule has 0 saturated carbocycles. The molecule has 0 aliphatic rings. The number of amides is 2. The van der Waals surface area contributed by atoms with Crippen molar-refractivity contribution in [1.29, 1.82) is 0 Å². The second kappa shape index (κ2) is 7.01. The van der Waals surface area contributed by atoms with Gasteiger partial charge < -0.3 is 10.6 Å². The largest absolute Gasteiger partial charge is 0.353 e. The van der Waals surface area contributed by atoms with Gasteiger partial charge in [-0.05, 0) is 25.5 Å². The molecule has 0 aromatic heterocycles. The van der Waals surface area contributed by atoms with Crippen molar-refractivity contribution in [2.24, 2.45) is 0 Å². The minimum absolute atomic E-state index is 0.138. The molecule has 0 bridgehead atoms. The number of carbonyl (C=O) groups is 2. The van der Waals surface area contributed by atoms with Crippen molar-refractivity contribution in [3.05, 3.63) is 35.4 Å². The van der Waals surface area contributed by atoms with Crippen molar-refractivity contribution in [1.82, 2.24) is 10.6 Å². The molecule has 0 radical (unpaired) electrons. The monoisotopic (exact) mass is 268 g/mol. The summed E-state index contributed by atoms with van der Waals surface area (Å²) in [6, 6.07) is 7.35. The zero-order valence-corrected chi connectivity index (χ0v) is 11.3. The Kier molecular flexibility index (Phi) is 5.65. The molecule has 1 aromatic rings. The molecule has 2 amide bonds. The smallest absolute Gasteiger partial charge is 0.251 e. The summed E-state index contributed by atoms with van der Waals surface area (Å²) in [6.07, 6.45) is 0. The van der Waals surface area contributed by atoms with Crippen LogP contribution >= 0.6 is 11.6 Å². The third-order valence-electron chi connectivity index (χ3n) is 2.46. The lowest BCUT2D eigenvalue weighted by molar-refractivity contribution is -0.120. The van der Waals surface area contributed by atoms with Gasteiger partial charge in [-0.1, -0.05) is 18.2 Å². The molecule has 4 nitrogen and oxygen atoms in total. The molecule has 1 unspecified atom stereocenters. The van der Waals surface area contributed by atoms with E-state index in [0.717, 1.165) is 5.56 Å². The van der Waals surface area contributed by atoms with E-state index in [0.29, 0.717) is 18.7 Å². The van der Waals surface area contributed by atoms with E-state index < -0.39 is 5.38 Å². The third-order valence-corrected chi connectivity index (χ3v) is 2.66. The number of benzene rings is 1. The Morgan fingerprint density at radius 3 is 2.44 bits per heavy atom. The topological polar surface area (TPSA) is 58.2 Å². The minimum atomic E-state index is -0.558. The summed E-state index contributed by atoms with van der Waals surface area (Å²) in [5, 5.41) is 4.80. The van der Waals surface area contributed by atoms with Crippen LogP contribution < -0.4 is 10.6 Å². The minimum Gasteiger partial charge on any atom is -0.353 e. The maximum absolute atomic E-state index is 11.8. The van der Waals surface area contributed by atoms with Crippen LogP contribution in [0.15, 0.2) is 24.3 Å². The van der Waals surface area contributed by atoms with E-state index in [1.165, 1.54) is 0 Å². The molecule has 1 aromatic carbocycles. The fourth-order valence-corrected chi connectivity index (χ4v) is 1.50. The van der Waals surface area contributed by atoms with E-state index in [9.17, 15) is 9.59 Å². The molecular formula is C13H17ClN2O2. The summed E-state index contributed by atoms with van der Waals surface area (Å²) in [5.74, 6) is -0.372. The van der Waals surface area contributed by atoms with Crippen LogP contribution in [0.1, 0.15) is 22.8 Å². The number of hydrogen-bond donors (Lipinski definition) is 2. The van der Waals surface area contributed by atoms with Gasteiger partial charge in [-0.2, -0.15) is 0 Å². The molecule has 0 spiro atoms. The van der Waals surface area contributed by atoms with E-state index in [4.69, 9.17) is 11.6 Å². The average molecular weight is 269 g/mol. The Balaban J connectivity index is 2.35. The first-order valence-electron chi connectivity index (χ1n) is 5.78. The van der Waals surface area contributed by atoms with Gasteiger partial charge in [0, 0.05) is 18.7 Å². The SMILES string of the molecule is Cc1ccccc1C(=O)NCCNC(=O)C(C)Cl. The lowest BCUT2D eigenvalue weighted by Gasteiger charge is -2.09. The zero-order valence-electron chi connectivity index (χ0n) is 10.5. The zero-order chi connectivity index (χ0) is 13.5. The van der Waals surface area contributed by atoms with Gasteiger partial charge in [0.15, 0.2) is 0 Å². The molecule has 98 valence electrons. The first kappa shape index (κ1) is 14.5. The van der Waals surface area contributed by atoms with Crippen LogP contribution in [0, 0.1) is 6.92 Å². The van der Waals surface area contributed by atoms with Crippen molar-refractivity contribution in [3.63, 3.8) is 0 Å². The Bertz CT molecular complexity index is 433. The van der Waals surface area contributed by atoms with Crippen molar-refractivity contribution >= 4 is 23.4 Å². The van der Waals surface area contributed by atoms with Crippen molar-refractivity contribution in [2.75, 3.05) is 13.1 Å². The number of halogens is 1. The van der Waals surface area contributed by atoms with Crippen LogP contribution in [0.25, 0.3) is 0 Å². The summed E-state index contributed by atoms with van der Waals surface area (Å²) in [5.41, 5.74) is 1.57. The highest BCUT2D eigenvalue weighted by Gasteiger charge is 2.09. The summed E-state index contributed by atoms with van der Waals surface area (Å²) in [6.45, 7) is 4.23. The summed E-state index contributed by atoms with van der Waals surface area (Å²) in [7, 11) is 0. The van der Waals surface area contributed by atoms with Gasteiger partial charge in [0.1, 0.15) is 5.38 Å². The Labute approximate surface area is 112 Å². The molecule has 0 fully saturated rings. The normalized spacial score (nSPS) is 11.7. The standard InChI is InChI=1S/C13H17ClN2O2/c1-9-5-3-4-6-11(9)13(18)16-8-7-15-12(17)10(2)14/h3-6,10H,7-8H2,1-2H3,(H,15,17)(H,16,18). The Morgan fingerprint density at radius 2 is 1.83 bits per heavy atom. The molecule has 0 aliphatic carbocycles. The van der Waals surface area contributed by atoms with Gasteiger partial charge >= 0.3 is 0 Å². The first-order chi connectivity index (χ1) is 8.52. The van der Waals surface area contributed by atoms with Crippen LogP contribution in [0.3, 0.4) is 0 Å². The van der Waals surface area contributed by atoms with Gasteiger partial charge in [0.25, 0.3) is 5.91 Å². The van der Waals surface area contributed by atoms with Crippen molar-refractivity contribution in [3.8, 4) is 0 Å². The molecule has 1 atom stereocenters. The molecule has 0 aliphatic heterocycles. The highest BCUT2D eigenvalue weighted by molar-refractivity contribution is 6.30. The molecule has 5 heteroatoms. The predicted molar refractivity (Wildman–Crippen MR) is 71.8 cm³/mol. The highest BCUT2D eigenvalue weighted by atomic mass is 35.5. The summed E-state index contributed by atoms with van der Waals surface area (Å²) >= 11 is 5.59. The van der Waals surface area contributed by atoms with E-state index in [2.05, 4.69) is 10.6 Å². The van der Waals surface area contributed by atoms with Gasteiger partial charge in [-0.15, -0.1) is 11.6 Å². The highest BCUT2D eigenvalue weighted by Crippen LogP contribution is 2.05. The maximum atomic E-state index is 11.8. The second-order valence-electron chi connectivity index (χ2n) is 3.98. The van der Waals surface area contributed by atoms with E-state index in [-0.39, 0.29) is 11.8 Å². The van der Waals surface area contributed by atoms with E-state index >= 15 is 0 Å². The van der Waals surface area contributed by atoms with E-state index in [1.807, 2.05) is 25.1 Å². The number of rotatable bonds is 5. The molecule has 0 heterocycles. The first-order valence-corrected chi connectivity index (χ1v) is 6.21. The van der Waals surface area contributed by atoms with Gasteiger partial charge in [0.2, 0.25) is 5.91 Å². The lowest BCUT2D eigenvalue weighted by Crippen LogP contribution is -2.37. The number of aryl methyl sites for hydroxylation is 1. The maximum Gasteiger partial charge on any atom is 0.251 e. The second-order valence-corrected chi connectivity index (χ2v) is 4.63. The van der Waals surface area contributed by atoms with Gasteiger partial charge in [-0.25, -0.2) is 0 Å². The summed E-state index contributed by atoms with van der Waals surface area (Å²) in [4.78, 5) is 23.0. The number of hydrogen-bond acceptors (Lipinski definition) is 2. The third kappa shape index (κ3) is 4.37. The van der Waals surface area contributed by atoms with Gasteiger partial charge in [0.05, 0.1) is 0 Å². The fourth-order valence-electron chi connectivity index (χ4n) is 1.43. The Hall–Kier alpha value is -1.55. The number of alkyl halides is 1.